The summed E-state index contributed by atoms with van der Waals surface area (Å²) in [5.41, 5.74) is 7.16. The van der Waals surface area contributed by atoms with Gasteiger partial charge in [0, 0.05) is 14.5 Å². The predicted molar refractivity (Wildman–Crippen MR) is 168 cm³/mol. The standard InChI is InChI=1S/C32H25ClIN3O3/c1-2-39-30-17-22(16-27(33)31(30)40-20-21-12-14-24(34)15-13-21)19-35-37-32(38)26-18-29(23-8-4-3-5-9-23)36-28-11-7-6-10-25(26)28/h3-19H,2,20H2,1H3,(H,37,38)/b35-19+. The molecule has 5 rings (SSSR count). The van der Waals surface area contributed by atoms with E-state index in [0.29, 0.717) is 46.6 Å². The van der Waals surface area contributed by atoms with E-state index in [0.717, 1.165) is 25.6 Å². The van der Waals surface area contributed by atoms with Crippen molar-refractivity contribution in [3.63, 3.8) is 0 Å². The first-order chi connectivity index (χ1) is 19.5. The number of para-hydroxylation sites is 1. The molecule has 40 heavy (non-hydrogen) atoms. The molecular weight excluding hydrogens is 637 g/mol. The van der Waals surface area contributed by atoms with Gasteiger partial charge in [0.1, 0.15) is 6.61 Å². The van der Waals surface area contributed by atoms with Crippen LogP contribution in [0.3, 0.4) is 0 Å². The number of fused-ring (bicyclic) bond motifs is 1. The Morgan fingerprint density at radius 3 is 2.50 bits per heavy atom. The van der Waals surface area contributed by atoms with E-state index in [2.05, 4.69) is 33.1 Å². The average Bonchev–Trinajstić information content (AvgIpc) is 2.97. The minimum atomic E-state index is -0.347. The lowest BCUT2D eigenvalue weighted by atomic mass is 10.0. The summed E-state index contributed by atoms with van der Waals surface area (Å²) in [7, 11) is 0. The number of ether oxygens (including phenoxy) is 2. The van der Waals surface area contributed by atoms with E-state index >= 15 is 0 Å². The minimum Gasteiger partial charge on any atom is -0.490 e. The number of nitrogens with zero attached hydrogens (tertiary/aromatic N) is 2. The molecule has 0 aliphatic heterocycles. The highest BCUT2D eigenvalue weighted by Gasteiger charge is 2.15. The lowest BCUT2D eigenvalue weighted by molar-refractivity contribution is 0.0956. The number of hydrogen-bond acceptors (Lipinski definition) is 5. The van der Waals surface area contributed by atoms with Crippen molar-refractivity contribution in [2.75, 3.05) is 6.61 Å². The van der Waals surface area contributed by atoms with E-state index in [9.17, 15) is 4.79 Å². The molecule has 0 saturated carbocycles. The summed E-state index contributed by atoms with van der Waals surface area (Å²) in [5, 5.41) is 5.33. The fourth-order valence-corrected chi connectivity index (χ4v) is 4.78. The molecule has 0 saturated heterocycles. The Balaban J connectivity index is 1.36. The summed E-state index contributed by atoms with van der Waals surface area (Å²) in [5.74, 6) is 0.613. The van der Waals surface area contributed by atoms with Gasteiger partial charge in [0.15, 0.2) is 11.5 Å². The van der Waals surface area contributed by atoms with Crippen LogP contribution in [0, 0.1) is 3.57 Å². The van der Waals surface area contributed by atoms with Gasteiger partial charge in [-0.25, -0.2) is 10.4 Å². The van der Waals surface area contributed by atoms with Crippen LogP contribution in [-0.2, 0) is 6.61 Å². The van der Waals surface area contributed by atoms with Crippen molar-refractivity contribution in [2.24, 2.45) is 5.10 Å². The Hall–Kier alpha value is -3.95. The lowest BCUT2D eigenvalue weighted by Crippen LogP contribution is -2.18. The molecule has 4 aromatic carbocycles. The van der Waals surface area contributed by atoms with Crippen molar-refractivity contribution in [2.45, 2.75) is 13.5 Å². The van der Waals surface area contributed by atoms with Crippen LogP contribution in [0.1, 0.15) is 28.4 Å². The molecule has 0 bridgehead atoms. The predicted octanol–water partition coefficient (Wildman–Crippen LogP) is 7.90. The number of halogens is 2. The maximum atomic E-state index is 13.2. The van der Waals surface area contributed by atoms with E-state index in [4.69, 9.17) is 26.1 Å². The summed E-state index contributed by atoms with van der Waals surface area (Å²) < 4.78 is 13.0. The first-order valence-corrected chi connectivity index (χ1v) is 14.1. The second-order valence-electron chi connectivity index (χ2n) is 8.82. The van der Waals surface area contributed by atoms with Gasteiger partial charge < -0.3 is 9.47 Å². The van der Waals surface area contributed by atoms with Crippen molar-refractivity contribution in [1.82, 2.24) is 10.4 Å². The molecule has 0 radical (unpaired) electrons. The molecule has 0 spiro atoms. The van der Waals surface area contributed by atoms with Crippen LogP contribution in [0.4, 0.5) is 0 Å². The summed E-state index contributed by atoms with van der Waals surface area (Å²) in [6, 6.07) is 30.6. The van der Waals surface area contributed by atoms with Crippen LogP contribution in [-0.4, -0.2) is 23.7 Å². The fourth-order valence-electron chi connectivity index (χ4n) is 4.15. The van der Waals surface area contributed by atoms with Crippen LogP contribution in [0.15, 0.2) is 102 Å². The molecule has 0 fully saturated rings. The van der Waals surface area contributed by atoms with Gasteiger partial charge in [-0.2, -0.15) is 5.10 Å². The molecule has 8 heteroatoms. The van der Waals surface area contributed by atoms with Gasteiger partial charge >= 0.3 is 0 Å². The van der Waals surface area contributed by atoms with Crippen molar-refractivity contribution in [3.8, 4) is 22.8 Å². The van der Waals surface area contributed by atoms with E-state index < -0.39 is 0 Å². The fraction of sp³-hybridized carbons (Fsp3) is 0.0938. The summed E-state index contributed by atoms with van der Waals surface area (Å²) in [4.78, 5) is 18.0. The summed E-state index contributed by atoms with van der Waals surface area (Å²) >= 11 is 8.84. The normalized spacial score (nSPS) is 11.1. The Kier molecular flexibility index (Phi) is 8.93. The van der Waals surface area contributed by atoms with Crippen LogP contribution >= 0.6 is 34.2 Å². The minimum absolute atomic E-state index is 0.347. The SMILES string of the molecule is CCOc1cc(/C=N/NC(=O)c2cc(-c3ccccc3)nc3ccccc23)cc(Cl)c1OCc1ccc(I)cc1. The van der Waals surface area contributed by atoms with Crippen LogP contribution in [0.5, 0.6) is 11.5 Å². The molecule has 1 aromatic heterocycles. The molecule has 1 heterocycles. The van der Waals surface area contributed by atoms with Crippen molar-refractivity contribution in [3.05, 3.63) is 122 Å². The highest BCUT2D eigenvalue weighted by molar-refractivity contribution is 14.1. The van der Waals surface area contributed by atoms with Crippen LogP contribution < -0.4 is 14.9 Å². The molecule has 0 aliphatic carbocycles. The van der Waals surface area contributed by atoms with Gasteiger partial charge in [0.05, 0.1) is 34.6 Å². The molecule has 0 atom stereocenters. The molecule has 0 unspecified atom stereocenters. The van der Waals surface area contributed by atoms with E-state index in [-0.39, 0.29) is 5.91 Å². The lowest BCUT2D eigenvalue weighted by Gasteiger charge is -2.14. The number of nitrogens with one attached hydrogen (secondary N) is 1. The maximum absolute atomic E-state index is 13.2. The van der Waals surface area contributed by atoms with Gasteiger partial charge in [0.2, 0.25) is 0 Å². The van der Waals surface area contributed by atoms with Crippen molar-refractivity contribution < 1.29 is 14.3 Å². The molecule has 200 valence electrons. The Labute approximate surface area is 251 Å². The van der Waals surface area contributed by atoms with Gasteiger partial charge in [-0.1, -0.05) is 72.3 Å². The number of carbonyl (C=O) groups excluding carboxylic acids is 1. The summed E-state index contributed by atoms with van der Waals surface area (Å²) in [6.07, 6.45) is 1.52. The second kappa shape index (κ2) is 12.9. The first-order valence-electron chi connectivity index (χ1n) is 12.6. The Morgan fingerprint density at radius 2 is 1.73 bits per heavy atom. The number of benzene rings is 4. The smallest absolute Gasteiger partial charge is 0.272 e. The average molecular weight is 662 g/mol. The van der Waals surface area contributed by atoms with Gasteiger partial charge in [-0.05, 0) is 77.0 Å². The zero-order valence-corrected chi connectivity index (χ0v) is 24.5. The number of amides is 1. The second-order valence-corrected chi connectivity index (χ2v) is 10.5. The monoisotopic (exact) mass is 661 g/mol. The molecule has 0 aliphatic rings. The summed E-state index contributed by atoms with van der Waals surface area (Å²) in [6.45, 7) is 2.68. The zero-order chi connectivity index (χ0) is 27.9. The first kappa shape index (κ1) is 27.6. The molecule has 5 aromatic rings. The van der Waals surface area contributed by atoms with Crippen molar-refractivity contribution in [1.29, 1.82) is 0 Å². The molecule has 6 nitrogen and oxygen atoms in total. The third kappa shape index (κ3) is 6.60. The Bertz CT molecular complexity index is 1680. The number of hydrogen-bond donors (Lipinski definition) is 1. The number of pyridine rings is 1. The zero-order valence-electron chi connectivity index (χ0n) is 21.6. The number of carbonyl (C=O) groups is 1. The van der Waals surface area contributed by atoms with Crippen LogP contribution in [0.25, 0.3) is 22.2 Å². The van der Waals surface area contributed by atoms with E-state index in [1.165, 1.54) is 6.21 Å². The van der Waals surface area contributed by atoms with Crippen molar-refractivity contribution >= 4 is 57.2 Å². The largest absolute Gasteiger partial charge is 0.490 e. The third-order valence-electron chi connectivity index (χ3n) is 6.04. The van der Waals surface area contributed by atoms with Gasteiger partial charge in [-0.3, -0.25) is 4.79 Å². The number of hydrazone groups is 1. The van der Waals surface area contributed by atoms with E-state index in [1.807, 2.05) is 85.8 Å². The quantitative estimate of drug-likeness (QED) is 0.0991. The molecule has 1 amide bonds. The maximum Gasteiger partial charge on any atom is 0.272 e. The Morgan fingerprint density at radius 1 is 0.975 bits per heavy atom. The van der Waals surface area contributed by atoms with E-state index in [1.54, 1.807) is 18.2 Å². The van der Waals surface area contributed by atoms with Gasteiger partial charge in [0.25, 0.3) is 5.91 Å². The van der Waals surface area contributed by atoms with Crippen LogP contribution in [0.2, 0.25) is 5.02 Å². The topological polar surface area (TPSA) is 72.8 Å². The third-order valence-corrected chi connectivity index (χ3v) is 7.04. The number of rotatable bonds is 9. The number of aromatic nitrogens is 1. The molecule has 1 N–H and O–H groups in total. The molecular formula is C32H25ClIN3O3. The highest BCUT2D eigenvalue weighted by atomic mass is 127. The highest BCUT2D eigenvalue weighted by Crippen LogP contribution is 2.37. The van der Waals surface area contributed by atoms with Gasteiger partial charge in [-0.15, -0.1) is 0 Å².